The number of carbonyl (C=O) groups is 2. The Kier molecular flexibility index (Phi) is 52.8. The van der Waals surface area contributed by atoms with Crippen molar-refractivity contribution in [3.05, 3.63) is 60.8 Å². The lowest BCUT2D eigenvalue weighted by molar-refractivity contribution is -0.870. The molecule has 2 unspecified atom stereocenters. The van der Waals surface area contributed by atoms with Gasteiger partial charge in [0.15, 0.2) is 6.10 Å². The molecule has 0 aromatic heterocycles. The number of phosphoric acid groups is 1. The van der Waals surface area contributed by atoms with Crippen molar-refractivity contribution >= 4 is 19.8 Å². The Morgan fingerprint density at radius 2 is 0.781 bits per heavy atom. The molecule has 1 N–H and O–H groups in total. The van der Waals surface area contributed by atoms with Gasteiger partial charge in [0.1, 0.15) is 19.8 Å². The van der Waals surface area contributed by atoms with Crippen LogP contribution < -0.4 is 0 Å². The minimum absolute atomic E-state index is 0.0319. The summed E-state index contributed by atoms with van der Waals surface area (Å²) in [4.78, 5) is 35.7. The van der Waals surface area contributed by atoms with E-state index in [9.17, 15) is 19.0 Å². The zero-order valence-electron chi connectivity index (χ0n) is 48.4. The van der Waals surface area contributed by atoms with Gasteiger partial charge >= 0.3 is 19.8 Å². The number of esters is 2. The molecule has 426 valence electrons. The monoisotopic (exact) mass is 1050 g/mol. The number of allylic oxidation sites excluding steroid dienone is 10. The van der Waals surface area contributed by atoms with E-state index < -0.39 is 26.5 Å². The van der Waals surface area contributed by atoms with Gasteiger partial charge in [-0.05, 0) is 57.8 Å². The SMILES string of the molecule is CC/C=C\C/C=C\C/C=C\C/C=C\C/C=C\CCCCCCCCCCCCCCCC(=O)OC(COC(=O)CCCCCCCCCCCCCCCCCCCCCC)COP(=O)(O)OCC[N+](C)(C)C. The highest BCUT2D eigenvalue weighted by atomic mass is 31.2. The fraction of sp³-hybridized carbons (Fsp3) is 0.810. The first-order valence-corrected chi connectivity index (χ1v) is 32.0. The van der Waals surface area contributed by atoms with Gasteiger partial charge in [-0.25, -0.2) is 4.57 Å². The largest absolute Gasteiger partial charge is 0.472 e. The van der Waals surface area contributed by atoms with E-state index in [-0.39, 0.29) is 25.6 Å². The summed E-state index contributed by atoms with van der Waals surface area (Å²) in [6.45, 7) is 4.36. The van der Waals surface area contributed by atoms with E-state index in [1.807, 2.05) is 21.1 Å². The van der Waals surface area contributed by atoms with E-state index in [4.69, 9.17) is 18.5 Å². The van der Waals surface area contributed by atoms with E-state index in [2.05, 4.69) is 74.6 Å². The van der Waals surface area contributed by atoms with Crippen LogP contribution in [0.5, 0.6) is 0 Å². The highest BCUT2D eigenvalue weighted by Gasteiger charge is 2.27. The molecule has 9 nitrogen and oxygen atoms in total. The van der Waals surface area contributed by atoms with Crippen LogP contribution in [0.15, 0.2) is 60.8 Å². The van der Waals surface area contributed by atoms with Crippen LogP contribution in [-0.2, 0) is 32.7 Å². The summed E-state index contributed by atoms with van der Waals surface area (Å²) in [5.41, 5.74) is 0. The first-order valence-electron chi connectivity index (χ1n) is 30.5. The minimum Gasteiger partial charge on any atom is -0.462 e. The molecule has 10 heteroatoms. The van der Waals surface area contributed by atoms with Crippen molar-refractivity contribution in [2.75, 3.05) is 47.5 Å². The standard InChI is InChI=1S/C63H116NO8P/c1-6-8-10-12-14-16-18-20-22-24-26-28-29-30-31-32-33-34-35-36-38-40-42-44-46-48-50-52-54-56-63(66)72-61(60-71-73(67,68)70-58-57-64(3,4)5)59-69-62(65)55-53-51-49-47-45-43-41-39-37-27-25-23-21-19-17-15-13-11-9-7-2/h8,10,14,16,20,22,26,28,30-31,61H,6-7,9,11-13,15,17-19,21,23-25,27,29,32-60H2,1-5H3/p+1/b10-8-,16-14-,22-20-,28-26-,31-30-. The molecule has 0 aliphatic carbocycles. The van der Waals surface area contributed by atoms with Crippen LogP contribution in [0.25, 0.3) is 0 Å². The number of carbonyl (C=O) groups excluding carboxylic acids is 2. The van der Waals surface area contributed by atoms with Crippen LogP contribution in [0.4, 0.5) is 0 Å². The fourth-order valence-corrected chi connectivity index (χ4v) is 9.37. The lowest BCUT2D eigenvalue weighted by Gasteiger charge is -2.24. The van der Waals surface area contributed by atoms with Gasteiger partial charge in [-0.3, -0.25) is 18.6 Å². The van der Waals surface area contributed by atoms with Crippen molar-refractivity contribution in [2.45, 2.75) is 283 Å². The number of rotatable bonds is 56. The maximum absolute atomic E-state index is 12.8. The number of phosphoric ester groups is 1. The van der Waals surface area contributed by atoms with Crippen molar-refractivity contribution < 1.29 is 42.1 Å². The van der Waals surface area contributed by atoms with E-state index >= 15 is 0 Å². The van der Waals surface area contributed by atoms with Crippen LogP contribution in [0.2, 0.25) is 0 Å². The average molecular weight is 1050 g/mol. The van der Waals surface area contributed by atoms with Gasteiger partial charge in [0.25, 0.3) is 0 Å². The zero-order chi connectivity index (χ0) is 53.5. The molecule has 0 spiro atoms. The van der Waals surface area contributed by atoms with Crippen molar-refractivity contribution in [2.24, 2.45) is 0 Å². The summed E-state index contributed by atoms with van der Waals surface area (Å²) in [5, 5.41) is 0. The molecule has 0 heterocycles. The lowest BCUT2D eigenvalue weighted by Crippen LogP contribution is -2.37. The van der Waals surface area contributed by atoms with Crippen LogP contribution in [-0.4, -0.2) is 74.9 Å². The third-order valence-electron chi connectivity index (χ3n) is 13.3. The van der Waals surface area contributed by atoms with Crippen molar-refractivity contribution in [1.82, 2.24) is 0 Å². The Morgan fingerprint density at radius 3 is 1.16 bits per heavy atom. The first kappa shape index (κ1) is 70.7. The number of hydrogen-bond donors (Lipinski definition) is 1. The lowest BCUT2D eigenvalue weighted by atomic mass is 10.0. The molecule has 0 aromatic carbocycles. The third kappa shape index (κ3) is 58.8. The quantitative estimate of drug-likeness (QED) is 0.0211. The molecule has 73 heavy (non-hydrogen) atoms. The molecular formula is C63H117NO8P+. The van der Waals surface area contributed by atoms with E-state index in [1.165, 1.54) is 173 Å². The number of quaternary nitrogens is 1. The fourth-order valence-electron chi connectivity index (χ4n) is 8.63. The van der Waals surface area contributed by atoms with E-state index in [0.717, 1.165) is 70.6 Å². The second kappa shape index (κ2) is 54.5. The topological polar surface area (TPSA) is 108 Å². The Balaban J connectivity index is 4.11. The van der Waals surface area contributed by atoms with Gasteiger partial charge < -0.3 is 18.9 Å². The molecule has 0 fully saturated rings. The zero-order valence-corrected chi connectivity index (χ0v) is 49.3. The Bertz CT molecular complexity index is 1420. The second-order valence-electron chi connectivity index (χ2n) is 21.7. The predicted molar refractivity (Wildman–Crippen MR) is 312 cm³/mol. The highest BCUT2D eigenvalue weighted by Crippen LogP contribution is 2.43. The first-order chi connectivity index (χ1) is 35.5. The average Bonchev–Trinajstić information content (AvgIpc) is 3.35. The van der Waals surface area contributed by atoms with Gasteiger partial charge in [0.2, 0.25) is 0 Å². The van der Waals surface area contributed by atoms with Gasteiger partial charge in [-0.2, -0.15) is 0 Å². The molecular weight excluding hydrogens is 930 g/mol. The Labute approximate surface area is 451 Å². The Hall–Kier alpha value is -2.29. The van der Waals surface area contributed by atoms with Crippen LogP contribution in [0.1, 0.15) is 277 Å². The summed E-state index contributed by atoms with van der Waals surface area (Å²) >= 11 is 0. The summed E-state index contributed by atoms with van der Waals surface area (Å²) < 4.78 is 34.6. The molecule has 0 amide bonds. The minimum atomic E-state index is -4.39. The Morgan fingerprint density at radius 1 is 0.438 bits per heavy atom. The molecule has 0 aliphatic rings. The van der Waals surface area contributed by atoms with Crippen LogP contribution in [0, 0.1) is 0 Å². The van der Waals surface area contributed by atoms with Gasteiger partial charge in [-0.1, -0.05) is 267 Å². The maximum atomic E-state index is 12.8. The molecule has 0 aromatic rings. The summed E-state index contributed by atoms with van der Waals surface area (Å²) in [5.74, 6) is -0.787. The van der Waals surface area contributed by atoms with Crippen LogP contribution >= 0.6 is 7.82 Å². The molecule has 0 saturated heterocycles. The predicted octanol–water partition coefficient (Wildman–Crippen LogP) is 19.1. The highest BCUT2D eigenvalue weighted by molar-refractivity contribution is 7.47. The third-order valence-corrected chi connectivity index (χ3v) is 14.3. The van der Waals surface area contributed by atoms with Crippen molar-refractivity contribution in [3.8, 4) is 0 Å². The molecule has 0 aliphatic heterocycles. The number of unbranched alkanes of at least 4 members (excludes halogenated alkanes) is 32. The molecule has 0 saturated carbocycles. The molecule has 2 atom stereocenters. The van der Waals surface area contributed by atoms with Crippen LogP contribution in [0.3, 0.4) is 0 Å². The number of nitrogens with zero attached hydrogens (tertiary/aromatic N) is 1. The normalized spacial score (nSPS) is 13.7. The smallest absolute Gasteiger partial charge is 0.462 e. The second-order valence-corrected chi connectivity index (χ2v) is 23.2. The van der Waals surface area contributed by atoms with Gasteiger partial charge in [0.05, 0.1) is 27.7 Å². The van der Waals surface area contributed by atoms with Gasteiger partial charge in [0, 0.05) is 12.8 Å². The van der Waals surface area contributed by atoms with E-state index in [0.29, 0.717) is 23.9 Å². The maximum Gasteiger partial charge on any atom is 0.472 e. The number of likely N-dealkylation sites (N-methyl/N-ethyl adjacent to an activating group) is 1. The summed E-state index contributed by atoms with van der Waals surface area (Å²) in [7, 11) is 1.48. The van der Waals surface area contributed by atoms with Crippen molar-refractivity contribution in [1.29, 1.82) is 0 Å². The number of ether oxygens (including phenoxy) is 2. The summed E-state index contributed by atoms with van der Waals surface area (Å²) in [6.07, 6.45) is 70.1. The summed E-state index contributed by atoms with van der Waals surface area (Å²) in [6, 6.07) is 0. The molecule has 0 bridgehead atoms. The van der Waals surface area contributed by atoms with E-state index in [1.54, 1.807) is 0 Å². The number of hydrogen-bond acceptors (Lipinski definition) is 7. The molecule has 0 rings (SSSR count). The van der Waals surface area contributed by atoms with Crippen molar-refractivity contribution in [3.63, 3.8) is 0 Å². The van der Waals surface area contributed by atoms with Gasteiger partial charge in [-0.15, -0.1) is 0 Å². The molecule has 0 radical (unpaired) electrons.